The molecule has 1 heterocycles. The predicted molar refractivity (Wildman–Crippen MR) is 111 cm³/mol. The van der Waals surface area contributed by atoms with Crippen molar-refractivity contribution in [1.29, 1.82) is 0 Å². The third kappa shape index (κ3) is 4.87. The number of aromatic nitrogens is 1. The van der Waals surface area contributed by atoms with Gasteiger partial charge in [0.15, 0.2) is 0 Å². The zero-order chi connectivity index (χ0) is 19.2. The lowest BCUT2D eigenvalue weighted by Crippen LogP contribution is -2.30. The monoisotopic (exact) mass is 400 g/mol. The summed E-state index contributed by atoms with van der Waals surface area (Å²) in [4.78, 5) is 18.7. The first-order chi connectivity index (χ1) is 13.1. The summed E-state index contributed by atoms with van der Waals surface area (Å²) in [5.74, 6) is 0.718. The summed E-state index contributed by atoms with van der Waals surface area (Å²) < 4.78 is 5.88. The second kappa shape index (κ2) is 9.02. The van der Waals surface area contributed by atoms with Crippen molar-refractivity contribution in [1.82, 2.24) is 9.88 Å². The average Bonchev–Trinajstić information content (AvgIpc) is 3.18. The van der Waals surface area contributed by atoms with Crippen LogP contribution >= 0.6 is 22.9 Å². The largest absolute Gasteiger partial charge is 0.489 e. The van der Waals surface area contributed by atoms with Gasteiger partial charge in [-0.1, -0.05) is 35.9 Å². The van der Waals surface area contributed by atoms with Crippen LogP contribution in [0.1, 0.15) is 29.9 Å². The molecule has 3 aromatic rings. The Morgan fingerprint density at radius 1 is 1.15 bits per heavy atom. The number of carbonyl (C=O) groups is 1. The van der Waals surface area contributed by atoms with Crippen LogP contribution in [0.4, 0.5) is 0 Å². The summed E-state index contributed by atoms with van der Waals surface area (Å²) in [6.07, 6.45) is 0. The van der Waals surface area contributed by atoms with Gasteiger partial charge in [0.25, 0.3) is 5.91 Å². The molecule has 0 N–H and O–H groups in total. The smallest absolute Gasteiger partial charge is 0.273 e. The SMILES string of the molecule is CCN(CC)C(=O)c1csc(-c2cccc(OCc3cccc(Cl)c3)c2)n1. The second-order valence-corrected chi connectivity index (χ2v) is 7.26. The van der Waals surface area contributed by atoms with Crippen LogP contribution in [0.15, 0.2) is 53.9 Å². The number of hydrogen-bond acceptors (Lipinski definition) is 4. The van der Waals surface area contributed by atoms with Gasteiger partial charge in [-0.2, -0.15) is 0 Å². The molecule has 0 radical (unpaired) electrons. The fraction of sp³-hybridized carbons (Fsp3) is 0.238. The van der Waals surface area contributed by atoms with E-state index in [-0.39, 0.29) is 5.91 Å². The number of thiazole rings is 1. The lowest BCUT2D eigenvalue weighted by atomic mass is 10.2. The Balaban J connectivity index is 1.73. The molecule has 2 aromatic carbocycles. The highest BCUT2D eigenvalue weighted by atomic mass is 35.5. The molecular formula is C21H21ClN2O2S. The van der Waals surface area contributed by atoms with Crippen molar-refractivity contribution in [3.63, 3.8) is 0 Å². The molecule has 0 aliphatic heterocycles. The second-order valence-electron chi connectivity index (χ2n) is 5.96. The minimum Gasteiger partial charge on any atom is -0.489 e. The van der Waals surface area contributed by atoms with E-state index < -0.39 is 0 Å². The maximum atomic E-state index is 12.4. The van der Waals surface area contributed by atoms with E-state index >= 15 is 0 Å². The zero-order valence-electron chi connectivity index (χ0n) is 15.3. The predicted octanol–water partition coefficient (Wildman–Crippen LogP) is 5.52. The molecule has 140 valence electrons. The van der Waals surface area contributed by atoms with Gasteiger partial charge >= 0.3 is 0 Å². The first kappa shape index (κ1) is 19.4. The van der Waals surface area contributed by atoms with Crippen molar-refractivity contribution in [3.05, 3.63) is 70.2 Å². The summed E-state index contributed by atoms with van der Waals surface area (Å²) in [6, 6.07) is 15.3. The maximum Gasteiger partial charge on any atom is 0.273 e. The Morgan fingerprint density at radius 3 is 2.67 bits per heavy atom. The molecule has 0 saturated heterocycles. The van der Waals surface area contributed by atoms with Crippen LogP contribution in [0, 0.1) is 0 Å². The highest BCUT2D eigenvalue weighted by Crippen LogP contribution is 2.28. The maximum absolute atomic E-state index is 12.4. The average molecular weight is 401 g/mol. The molecule has 0 spiro atoms. The van der Waals surface area contributed by atoms with Crippen molar-refractivity contribution in [2.75, 3.05) is 13.1 Å². The standard InChI is InChI=1S/C21H21ClN2O2S/c1-3-24(4-2)21(25)19-14-27-20(23-19)16-8-6-10-18(12-16)26-13-15-7-5-9-17(22)11-15/h5-12,14H,3-4,13H2,1-2H3. The fourth-order valence-electron chi connectivity index (χ4n) is 2.69. The first-order valence-electron chi connectivity index (χ1n) is 8.83. The van der Waals surface area contributed by atoms with Gasteiger partial charge in [-0.15, -0.1) is 11.3 Å². The number of carbonyl (C=O) groups excluding carboxylic acids is 1. The van der Waals surface area contributed by atoms with Gasteiger partial charge in [-0.3, -0.25) is 4.79 Å². The van der Waals surface area contributed by atoms with E-state index in [1.54, 1.807) is 4.90 Å². The van der Waals surface area contributed by atoms with E-state index in [4.69, 9.17) is 16.3 Å². The zero-order valence-corrected chi connectivity index (χ0v) is 16.9. The Bertz CT molecular complexity index is 922. The molecule has 1 amide bonds. The van der Waals surface area contributed by atoms with Crippen molar-refractivity contribution >= 4 is 28.8 Å². The lowest BCUT2D eigenvalue weighted by molar-refractivity contribution is 0.0768. The molecule has 0 unspecified atom stereocenters. The van der Waals surface area contributed by atoms with E-state index in [1.807, 2.05) is 67.8 Å². The number of amides is 1. The van der Waals surface area contributed by atoms with Gasteiger partial charge in [-0.25, -0.2) is 4.98 Å². The van der Waals surface area contributed by atoms with E-state index in [1.165, 1.54) is 11.3 Å². The number of hydrogen-bond donors (Lipinski definition) is 0. The summed E-state index contributed by atoms with van der Waals surface area (Å²) in [6.45, 7) is 5.72. The summed E-state index contributed by atoms with van der Waals surface area (Å²) in [5.41, 5.74) is 2.43. The molecule has 0 saturated carbocycles. The van der Waals surface area contributed by atoms with Gasteiger partial charge in [0.2, 0.25) is 0 Å². The van der Waals surface area contributed by atoms with Crippen LogP contribution < -0.4 is 4.74 Å². The molecule has 0 aliphatic carbocycles. The summed E-state index contributed by atoms with van der Waals surface area (Å²) in [7, 11) is 0. The van der Waals surface area contributed by atoms with Crippen LogP contribution in [-0.2, 0) is 6.61 Å². The molecule has 27 heavy (non-hydrogen) atoms. The van der Waals surface area contributed by atoms with Crippen LogP contribution in [0.2, 0.25) is 5.02 Å². The van der Waals surface area contributed by atoms with E-state index in [9.17, 15) is 4.79 Å². The summed E-state index contributed by atoms with van der Waals surface area (Å²) in [5, 5.41) is 3.31. The highest BCUT2D eigenvalue weighted by molar-refractivity contribution is 7.13. The molecular weight excluding hydrogens is 380 g/mol. The summed E-state index contributed by atoms with van der Waals surface area (Å²) >= 11 is 7.47. The minimum atomic E-state index is -0.0316. The first-order valence-corrected chi connectivity index (χ1v) is 10.1. The van der Waals surface area contributed by atoms with Gasteiger partial charge < -0.3 is 9.64 Å². The molecule has 0 bridgehead atoms. The van der Waals surface area contributed by atoms with Gasteiger partial charge in [0.05, 0.1) is 0 Å². The van der Waals surface area contributed by atoms with Crippen LogP contribution in [0.5, 0.6) is 5.75 Å². The van der Waals surface area contributed by atoms with Crippen LogP contribution in [0.3, 0.4) is 0 Å². The molecule has 4 nitrogen and oxygen atoms in total. The third-order valence-corrected chi connectivity index (χ3v) is 5.28. The molecule has 0 atom stereocenters. The number of ether oxygens (including phenoxy) is 1. The van der Waals surface area contributed by atoms with E-state index in [0.29, 0.717) is 30.4 Å². The molecule has 3 rings (SSSR count). The Morgan fingerprint density at radius 2 is 1.93 bits per heavy atom. The fourth-order valence-corrected chi connectivity index (χ4v) is 3.69. The van der Waals surface area contributed by atoms with Crippen LogP contribution in [0.25, 0.3) is 10.6 Å². The molecule has 0 aliphatic rings. The molecule has 1 aromatic heterocycles. The minimum absolute atomic E-state index is 0.0316. The van der Waals surface area contributed by atoms with Gasteiger partial charge in [0.1, 0.15) is 23.1 Å². The van der Waals surface area contributed by atoms with Gasteiger partial charge in [-0.05, 0) is 43.7 Å². The molecule has 6 heteroatoms. The van der Waals surface area contributed by atoms with Crippen LogP contribution in [-0.4, -0.2) is 28.9 Å². The number of halogens is 1. The molecule has 0 fully saturated rings. The number of rotatable bonds is 7. The lowest BCUT2D eigenvalue weighted by Gasteiger charge is -2.16. The quantitative estimate of drug-likeness (QED) is 0.524. The van der Waals surface area contributed by atoms with E-state index in [0.717, 1.165) is 21.9 Å². The van der Waals surface area contributed by atoms with Crippen molar-refractivity contribution < 1.29 is 9.53 Å². The van der Waals surface area contributed by atoms with E-state index in [2.05, 4.69) is 4.98 Å². The Labute approximate surface area is 168 Å². The van der Waals surface area contributed by atoms with Gasteiger partial charge in [0, 0.05) is 29.1 Å². The topological polar surface area (TPSA) is 42.4 Å². The Hall–Kier alpha value is -2.37. The third-order valence-electron chi connectivity index (χ3n) is 4.15. The van der Waals surface area contributed by atoms with Crippen molar-refractivity contribution in [2.24, 2.45) is 0 Å². The highest BCUT2D eigenvalue weighted by Gasteiger charge is 2.16. The van der Waals surface area contributed by atoms with Crippen molar-refractivity contribution in [2.45, 2.75) is 20.5 Å². The Kier molecular flexibility index (Phi) is 6.48. The number of nitrogens with zero attached hydrogens (tertiary/aromatic N) is 2. The normalized spacial score (nSPS) is 10.6. The number of benzene rings is 2. The van der Waals surface area contributed by atoms with Crippen molar-refractivity contribution in [3.8, 4) is 16.3 Å².